The Balaban J connectivity index is 1.65. The molecule has 2 aliphatic rings. The zero-order chi connectivity index (χ0) is 13.9. The minimum Gasteiger partial charge on any atom is -0.448 e. The maximum absolute atomic E-state index is 12.4. The average molecular weight is 277 g/mol. The van der Waals surface area contributed by atoms with E-state index in [-0.39, 0.29) is 5.91 Å². The van der Waals surface area contributed by atoms with Crippen LogP contribution in [0.3, 0.4) is 0 Å². The van der Waals surface area contributed by atoms with E-state index in [1.807, 2.05) is 4.90 Å². The SMILES string of the molecule is CC1CCN(C(=O)c2coc(C3CCCNC3)n2)CC1. The Morgan fingerprint density at radius 3 is 2.90 bits per heavy atom. The molecule has 0 bridgehead atoms. The standard InChI is InChI=1S/C15H23N3O2/c1-11-4-7-18(8-5-11)15(19)13-10-20-14(17-13)12-3-2-6-16-9-12/h10-12,16H,2-9H2,1H3. The van der Waals surface area contributed by atoms with Gasteiger partial charge in [0, 0.05) is 25.6 Å². The Hall–Kier alpha value is -1.36. The molecule has 1 unspecified atom stereocenters. The van der Waals surface area contributed by atoms with Gasteiger partial charge < -0.3 is 14.6 Å². The highest BCUT2D eigenvalue weighted by atomic mass is 16.3. The summed E-state index contributed by atoms with van der Waals surface area (Å²) in [5.41, 5.74) is 0.472. The quantitative estimate of drug-likeness (QED) is 0.898. The van der Waals surface area contributed by atoms with Crippen LogP contribution in [-0.2, 0) is 0 Å². The molecular weight excluding hydrogens is 254 g/mol. The number of piperidine rings is 2. The minimum absolute atomic E-state index is 0.0238. The lowest BCUT2D eigenvalue weighted by atomic mass is 9.99. The molecule has 20 heavy (non-hydrogen) atoms. The number of nitrogens with zero attached hydrogens (tertiary/aromatic N) is 2. The molecule has 0 spiro atoms. The van der Waals surface area contributed by atoms with Crippen molar-refractivity contribution in [1.29, 1.82) is 0 Å². The number of rotatable bonds is 2. The third kappa shape index (κ3) is 2.87. The summed E-state index contributed by atoms with van der Waals surface area (Å²) >= 11 is 0. The molecule has 0 radical (unpaired) electrons. The van der Waals surface area contributed by atoms with Crippen LogP contribution in [0.2, 0.25) is 0 Å². The number of carbonyl (C=O) groups excluding carboxylic acids is 1. The number of likely N-dealkylation sites (tertiary alicyclic amines) is 1. The topological polar surface area (TPSA) is 58.4 Å². The van der Waals surface area contributed by atoms with Gasteiger partial charge in [0.05, 0.1) is 0 Å². The van der Waals surface area contributed by atoms with E-state index < -0.39 is 0 Å². The van der Waals surface area contributed by atoms with Crippen LogP contribution >= 0.6 is 0 Å². The second-order valence-electron chi connectivity index (χ2n) is 6.09. The van der Waals surface area contributed by atoms with Crippen LogP contribution in [-0.4, -0.2) is 42.0 Å². The fourth-order valence-corrected chi connectivity index (χ4v) is 3.01. The number of carbonyl (C=O) groups is 1. The number of hydrogen-bond acceptors (Lipinski definition) is 4. The molecule has 2 aliphatic heterocycles. The lowest BCUT2D eigenvalue weighted by molar-refractivity contribution is 0.0691. The molecule has 3 heterocycles. The van der Waals surface area contributed by atoms with E-state index in [1.165, 1.54) is 6.26 Å². The van der Waals surface area contributed by atoms with Gasteiger partial charge in [-0.05, 0) is 38.1 Å². The first-order valence-corrected chi connectivity index (χ1v) is 7.69. The lowest BCUT2D eigenvalue weighted by Gasteiger charge is -2.29. The number of oxazole rings is 1. The molecular formula is C15H23N3O2. The minimum atomic E-state index is 0.0238. The maximum atomic E-state index is 12.4. The summed E-state index contributed by atoms with van der Waals surface area (Å²) in [4.78, 5) is 18.7. The molecule has 0 aliphatic carbocycles. The number of nitrogens with one attached hydrogen (secondary N) is 1. The zero-order valence-electron chi connectivity index (χ0n) is 12.1. The van der Waals surface area contributed by atoms with Crippen molar-refractivity contribution in [1.82, 2.24) is 15.2 Å². The number of amides is 1. The van der Waals surface area contributed by atoms with E-state index in [0.29, 0.717) is 17.5 Å². The first-order chi connectivity index (χ1) is 9.74. The van der Waals surface area contributed by atoms with E-state index >= 15 is 0 Å². The summed E-state index contributed by atoms with van der Waals surface area (Å²) in [7, 11) is 0. The Labute approximate surface area is 119 Å². The van der Waals surface area contributed by atoms with Gasteiger partial charge in [0.25, 0.3) is 5.91 Å². The van der Waals surface area contributed by atoms with E-state index in [9.17, 15) is 4.79 Å². The van der Waals surface area contributed by atoms with Gasteiger partial charge in [-0.2, -0.15) is 0 Å². The molecule has 5 nitrogen and oxygen atoms in total. The van der Waals surface area contributed by atoms with Crippen LogP contribution in [0.25, 0.3) is 0 Å². The van der Waals surface area contributed by atoms with Gasteiger partial charge in [-0.3, -0.25) is 4.79 Å². The van der Waals surface area contributed by atoms with Gasteiger partial charge >= 0.3 is 0 Å². The normalized spacial score (nSPS) is 24.9. The van der Waals surface area contributed by atoms with Crippen molar-refractivity contribution in [3.8, 4) is 0 Å². The smallest absolute Gasteiger partial charge is 0.275 e. The van der Waals surface area contributed by atoms with Crippen LogP contribution in [0.15, 0.2) is 10.7 Å². The van der Waals surface area contributed by atoms with E-state index in [4.69, 9.17) is 4.42 Å². The first-order valence-electron chi connectivity index (χ1n) is 7.69. The predicted octanol–water partition coefficient (Wildman–Crippen LogP) is 2.01. The van der Waals surface area contributed by atoms with E-state index in [1.54, 1.807) is 0 Å². The molecule has 1 aromatic heterocycles. The molecule has 110 valence electrons. The summed E-state index contributed by atoms with van der Waals surface area (Å²) in [6.07, 6.45) is 5.93. The summed E-state index contributed by atoms with van der Waals surface area (Å²) in [6, 6.07) is 0. The molecule has 0 saturated carbocycles. The highest BCUT2D eigenvalue weighted by molar-refractivity contribution is 5.92. The van der Waals surface area contributed by atoms with Crippen molar-refractivity contribution < 1.29 is 9.21 Å². The number of hydrogen-bond donors (Lipinski definition) is 1. The fraction of sp³-hybridized carbons (Fsp3) is 0.733. The number of aromatic nitrogens is 1. The molecule has 3 rings (SSSR count). The molecule has 1 aromatic rings. The Bertz CT molecular complexity index is 457. The van der Waals surface area contributed by atoms with Crippen LogP contribution in [0.4, 0.5) is 0 Å². The van der Waals surface area contributed by atoms with E-state index in [2.05, 4.69) is 17.2 Å². The van der Waals surface area contributed by atoms with Gasteiger partial charge in [0.2, 0.25) is 0 Å². The van der Waals surface area contributed by atoms with Crippen LogP contribution in [0.1, 0.15) is 54.9 Å². The van der Waals surface area contributed by atoms with Crippen molar-refractivity contribution in [3.05, 3.63) is 17.8 Å². The first kappa shape index (κ1) is 13.6. The van der Waals surface area contributed by atoms with Crippen molar-refractivity contribution in [3.63, 3.8) is 0 Å². The van der Waals surface area contributed by atoms with Gasteiger partial charge in [-0.1, -0.05) is 6.92 Å². The van der Waals surface area contributed by atoms with Gasteiger partial charge in [-0.15, -0.1) is 0 Å². The van der Waals surface area contributed by atoms with Gasteiger partial charge in [0.15, 0.2) is 11.6 Å². The molecule has 2 fully saturated rings. The van der Waals surface area contributed by atoms with Crippen molar-refractivity contribution in [2.75, 3.05) is 26.2 Å². The fourth-order valence-electron chi connectivity index (χ4n) is 3.01. The lowest BCUT2D eigenvalue weighted by Crippen LogP contribution is -2.38. The Kier molecular flexibility index (Phi) is 4.05. The largest absolute Gasteiger partial charge is 0.448 e. The Morgan fingerprint density at radius 1 is 1.40 bits per heavy atom. The summed E-state index contributed by atoms with van der Waals surface area (Å²) in [5.74, 6) is 1.77. The van der Waals surface area contributed by atoms with Crippen molar-refractivity contribution in [2.24, 2.45) is 5.92 Å². The second kappa shape index (κ2) is 5.95. The van der Waals surface area contributed by atoms with Crippen LogP contribution in [0.5, 0.6) is 0 Å². The molecule has 1 amide bonds. The maximum Gasteiger partial charge on any atom is 0.275 e. The zero-order valence-corrected chi connectivity index (χ0v) is 12.1. The average Bonchev–Trinajstić information content (AvgIpc) is 2.98. The van der Waals surface area contributed by atoms with E-state index in [0.717, 1.165) is 57.8 Å². The second-order valence-corrected chi connectivity index (χ2v) is 6.09. The highest BCUT2D eigenvalue weighted by Crippen LogP contribution is 2.23. The third-order valence-electron chi connectivity index (χ3n) is 4.46. The molecule has 5 heteroatoms. The van der Waals surface area contributed by atoms with Crippen molar-refractivity contribution in [2.45, 2.75) is 38.5 Å². The summed E-state index contributed by atoms with van der Waals surface area (Å²) < 4.78 is 5.54. The molecule has 1 atom stereocenters. The monoisotopic (exact) mass is 277 g/mol. The van der Waals surface area contributed by atoms with Gasteiger partial charge in [0.1, 0.15) is 6.26 Å². The van der Waals surface area contributed by atoms with Crippen LogP contribution < -0.4 is 5.32 Å². The summed E-state index contributed by atoms with van der Waals surface area (Å²) in [6.45, 7) is 5.89. The van der Waals surface area contributed by atoms with Gasteiger partial charge in [-0.25, -0.2) is 4.98 Å². The Morgan fingerprint density at radius 2 is 2.20 bits per heavy atom. The predicted molar refractivity (Wildman–Crippen MR) is 75.6 cm³/mol. The third-order valence-corrected chi connectivity index (χ3v) is 4.46. The molecule has 2 saturated heterocycles. The molecule has 1 N–H and O–H groups in total. The van der Waals surface area contributed by atoms with Crippen molar-refractivity contribution >= 4 is 5.91 Å². The van der Waals surface area contributed by atoms with Crippen LogP contribution in [0, 0.1) is 5.92 Å². The highest BCUT2D eigenvalue weighted by Gasteiger charge is 2.26. The molecule has 0 aromatic carbocycles. The summed E-state index contributed by atoms with van der Waals surface area (Å²) in [5, 5.41) is 3.34.